The van der Waals surface area contributed by atoms with E-state index in [1.165, 1.54) is 47.6 Å². The van der Waals surface area contributed by atoms with E-state index in [4.69, 9.17) is 4.42 Å². The molecule has 0 spiro atoms. The molecule has 2 aromatic heterocycles. The van der Waals surface area contributed by atoms with E-state index in [-0.39, 0.29) is 0 Å². The molecular formula is C46H29NOS. The zero-order valence-corrected chi connectivity index (χ0v) is 27.3. The number of hydrogen-bond donors (Lipinski definition) is 0. The summed E-state index contributed by atoms with van der Waals surface area (Å²) in [5, 5.41) is 7.30. The summed E-state index contributed by atoms with van der Waals surface area (Å²) in [4.78, 5) is 2.40. The van der Waals surface area contributed by atoms with E-state index in [0.717, 1.165) is 44.6 Å². The Bertz CT molecular complexity index is 2840. The summed E-state index contributed by atoms with van der Waals surface area (Å²) in [6.07, 6.45) is 0. The SMILES string of the molecule is c1ccc(N(c2ccc(-c3cccc4c3sc3ccccc34)cc2)c2cccc3oc4ccccc4c23)c(-c2ccc3ccccc3c2)c1. The maximum absolute atomic E-state index is 6.40. The average Bonchev–Trinajstić information content (AvgIpc) is 3.74. The Morgan fingerprint density at radius 2 is 1.08 bits per heavy atom. The van der Waals surface area contributed by atoms with Crippen LogP contribution in [0.3, 0.4) is 0 Å². The van der Waals surface area contributed by atoms with Gasteiger partial charge in [-0.05, 0) is 76.0 Å². The van der Waals surface area contributed by atoms with E-state index in [1.807, 2.05) is 17.4 Å². The smallest absolute Gasteiger partial charge is 0.137 e. The molecule has 0 N–H and O–H groups in total. The molecule has 0 aliphatic carbocycles. The van der Waals surface area contributed by atoms with Crippen LogP contribution in [0.5, 0.6) is 0 Å². The molecule has 10 rings (SSSR count). The highest BCUT2D eigenvalue weighted by molar-refractivity contribution is 7.26. The fourth-order valence-electron chi connectivity index (χ4n) is 7.38. The molecule has 49 heavy (non-hydrogen) atoms. The lowest BCUT2D eigenvalue weighted by molar-refractivity contribution is 0.669. The van der Waals surface area contributed by atoms with Crippen LogP contribution in [0.2, 0.25) is 0 Å². The average molecular weight is 644 g/mol. The van der Waals surface area contributed by atoms with Gasteiger partial charge in [-0.2, -0.15) is 0 Å². The van der Waals surface area contributed by atoms with Gasteiger partial charge in [-0.15, -0.1) is 11.3 Å². The number of rotatable bonds is 5. The van der Waals surface area contributed by atoms with E-state index in [1.54, 1.807) is 0 Å². The van der Waals surface area contributed by atoms with Crippen molar-refractivity contribution in [1.82, 2.24) is 0 Å². The summed E-state index contributed by atoms with van der Waals surface area (Å²) in [7, 11) is 0. The Morgan fingerprint density at radius 3 is 2.00 bits per heavy atom. The molecule has 230 valence electrons. The highest BCUT2D eigenvalue weighted by atomic mass is 32.1. The van der Waals surface area contributed by atoms with Gasteiger partial charge < -0.3 is 9.32 Å². The highest BCUT2D eigenvalue weighted by Gasteiger charge is 2.22. The summed E-state index contributed by atoms with van der Waals surface area (Å²) in [6.45, 7) is 0. The second-order valence-electron chi connectivity index (χ2n) is 12.5. The molecule has 0 aliphatic heterocycles. The fraction of sp³-hybridized carbons (Fsp3) is 0. The Balaban J connectivity index is 1.19. The first kappa shape index (κ1) is 27.9. The number of nitrogens with zero attached hydrogens (tertiary/aromatic N) is 1. The molecule has 0 aliphatic rings. The molecule has 0 atom stereocenters. The summed E-state index contributed by atoms with van der Waals surface area (Å²) in [5.74, 6) is 0. The number of para-hydroxylation sites is 2. The minimum absolute atomic E-state index is 0.875. The molecule has 3 heteroatoms. The molecule has 2 heterocycles. The van der Waals surface area contributed by atoms with Gasteiger partial charge in [0.25, 0.3) is 0 Å². The molecule has 0 fully saturated rings. The second kappa shape index (κ2) is 11.2. The van der Waals surface area contributed by atoms with Crippen LogP contribution in [-0.4, -0.2) is 0 Å². The normalized spacial score (nSPS) is 11.7. The van der Waals surface area contributed by atoms with Gasteiger partial charge in [-0.25, -0.2) is 0 Å². The van der Waals surface area contributed by atoms with Crippen molar-refractivity contribution in [2.75, 3.05) is 4.90 Å². The molecule has 0 saturated carbocycles. The topological polar surface area (TPSA) is 16.4 Å². The van der Waals surface area contributed by atoms with Gasteiger partial charge in [0, 0.05) is 36.8 Å². The summed E-state index contributed by atoms with van der Waals surface area (Å²) in [6, 6.07) is 63.2. The van der Waals surface area contributed by atoms with E-state index in [0.29, 0.717) is 0 Å². The van der Waals surface area contributed by atoms with Crippen molar-refractivity contribution in [3.05, 3.63) is 176 Å². The van der Waals surface area contributed by atoms with E-state index >= 15 is 0 Å². The molecule has 0 amide bonds. The Kier molecular flexibility index (Phi) is 6.39. The Hall–Kier alpha value is -6.16. The highest BCUT2D eigenvalue weighted by Crippen LogP contribution is 2.47. The van der Waals surface area contributed by atoms with Gasteiger partial charge in [-0.1, -0.05) is 127 Å². The quantitative estimate of drug-likeness (QED) is 0.186. The number of hydrogen-bond acceptors (Lipinski definition) is 3. The molecular weight excluding hydrogens is 615 g/mol. The van der Waals surface area contributed by atoms with Crippen LogP contribution in [0.4, 0.5) is 17.1 Å². The molecule has 2 nitrogen and oxygen atoms in total. The first-order valence-corrected chi connectivity index (χ1v) is 17.4. The van der Waals surface area contributed by atoms with E-state index in [2.05, 4.69) is 175 Å². The fourth-order valence-corrected chi connectivity index (χ4v) is 8.62. The number of benzene rings is 8. The Labute approximate surface area is 287 Å². The predicted octanol–water partition coefficient (Wildman–Crippen LogP) is 13.9. The maximum atomic E-state index is 6.40. The molecule has 8 aromatic carbocycles. The van der Waals surface area contributed by atoms with Gasteiger partial charge in [0.2, 0.25) is 0 Å². The van der Waals surface area contributed by atoms with Gasteiger partial charge in [0.1, 0.15) is 11.2 Å². The van der Waals surface area contributed by atoms with Crippen LogP contribution >= 0.6 is 11.3 Å². The first-order chi connectivity index (χ1) is 24.3. The van der Waals surface area contributed by atoms with Crippen LogP contribution in [0, 0.1) is 0 Å². The van der Waals surface area contributed by atoms with E-state index in [9.17, 15) is 0 Å². The molecule has 0 bridgehead atoms. The van der Waals surface area contributed by atoms with Crippen molar-refractivity contribution in [2.45, 2.75) is 0 Å². The minimum Gasteiger partial charge on any atom is -0.456 e. The first-order valence-electron chi connectivity index (χ1n) is 16.6. The van der Waals surface area contributed by atoms with Crippen LogP contribution in [0.25, 0.3) is 75.1 Å². The Morgan fingerprint density at radius 1 is 0.429 bits per heavy atom. The summed E-state index contributed by atoms with van der Waals surface area (Å²) >= 11 is 1.87. The largest absolute Gasteiger partial charge is 0.456 e. The summed E-state index contributed by atoms with van der Waals surface area (Å²) < 4.78 is 9.04. The maximum Gasteiger partial charge on any atom is 0.137 e. The third-order valence-electron chi connectivity index (χ3n) is 9.67. The molecule has 0 radical (unpaired) electrons. The van der Waals surface area contributed by atoms with Crippen molar-refractivity contribution in [3.8, 4) is 22.3 Å². The standard InChI is InChI=1S/C46H29NOS/c1-2-12-32-29-33(24-23-30(32)11-1)35-13-3-6-18-40(35)47(41-19-10-21-43-45(41)39-15-4-7-20-42(39)48-43)34-27-25-31(26-28-34)36-16-9-17-38-37-14-5-8-22-44(37)49-46(36)38/h1-29H. The van der Waals surface area contributed by atoms with Gasteiger partial charge >= 0.3 is 0 Å². The number of furan rings is 1. The van der Waals surface area contributed by atoms with E-state index < -0.39 is 0 Å². The third kappa shape index (κ3) is 4.55. The zero-order chi connectivity index (χ0) is 32.3. The number of anilines is 3. The van der Waals surface area contributed by atoms with Crippen LogP contribution in [-0.2, 0) is 0 Å². The lowest BCUT2D eigenvalue weighted by Gasteiger charge is -2.28. The number of fused-ring (bicyclic) bond motifs is 7. The summed E-state index contributed by atoms with van der Waals surface area (Å²) in [5.41, 5.74) is 9.84. The van der Waals surface area contributed by atoms with Gasteiger partial charge in [0.15, 0.2) is 0 Å². The van der Waals surface area contributed by atoms with Crippen molar-refractivity contribution < 1.29 is 4.42 Å². The zero-order valence-electron chi connectivity index (χ0n) is 26.5. The van der Waals surface area contributed by atoms with Crippen molar-refractivity contribution in [2.24, 2.45) is 0 Å². The van der Waals surface area contributed by atoms with Crippen LogP contribution < -0.4 is 4.90 Å². The number of thiophene rings is 1. The van der Waals surface area contributed by atoms with Crippen molar-refractivity contribution in [3.63, 3.8) is 0 Å². The minimum atomic E-state index is 0.875. The third-order valence-corrected chi connectivity index (χ3v) is 10.9. The lowest BCUT2D eigenvalue weighted by Crippen LogP contribution is -2.11. The second-order valence-corrected chi connectivity index (χ2v) is 13.5. The predicted molar refractivity (Wildman–Crippen MR) is 210 cm³/mol. The monoisotopic (exact) mass is 643 g/mol. The van der Waals surface area contributed by atoms with Crippen molar-refractivity contribution >= 4 is 81.3 Å². The van der Waals surface area contributed by atoms with Crippen molar-refractivity contribution in [1.29, 1.82) is 0 Å². The van der Waals surface area contributed by atoms with Gasteiger partial charge in [-0.3, -0.25) is 0 Å². The van der Waals surface area contributed by atoms with Crippen LogP contribution in [0.15, 0.2) is 180 Å². The molecule has 0 unspecified atom stereocenters. The molecule has 0 saturated heterocycles. The van der Waals surface area contributed by atoms with Gasteiger partial charge in [0.05, 0.1) is 16.8 Å². The van der Waals surface area contributed by atoms with Crippen LogP contribution in [0.1, 0.15) is 0 Å². The molecule has 10 aromatic rings. The lowest BCUT2D eigenvalue weighted by atomic mass is 9.98.